The Morgan fingerprint density at radius 1 is 1.31 bits per heavy atom. The number of anilines is 1. The van der Waals surface area contributed by atoms with E-state index in [9.17, 15) is 9.18 Å². The van der Waals surface area contributed by atoms with Gasteiger partial charge >= 0.3 is 0 Å². The predicted molar refractivity (Wildman–Crippen MR) is 115 cm³/mol. The smallest absolute Gasteiger partial charge is 0.243 e. The molecule has 1 atom stereocenters. The molecule has 4 heterocycles. The summed E-state index contributed by atoms with van der Waals surface area (Å²) >= 11 is 0. The van der Waals surface area contributed by atoms with Crippen LogP contribution in [0, 0.1) is 5.82 Å². The SMILES string of the molecule is COc1cc(-c2nc3c4c(n2)NC(=O)C4(C)C(NC2CC2)=N3)nn1Cc1ccccc1F. The highest BCUT2D eigenvalue weighted by molar-refractivity contribution is 6.25. The summed E-state index contributed by atoms with van der Waals surface area (Å²) in [6.45, 7) is 2.03. The first kappa shape index (κ1) is 18.9. The molecule has 1 saturated carbocycles. The summed E-state index contributed by atoms with van der Waals surface area (Å²) < 4.78 is 21.1. The normalized spacial score (nSPS) is 20.7. The fourth-order valence-electron chi connectivity index (χ4n) is 4.16. The van der Waals surface area contributed by atoms with Crippen LogP contribution in [0.3, 0.4) is 0 Å². The van der Waals surface area contributed by atoms with Gasteiger partial charge in [-0.15, -0.1) is 0 Å². The van der Waals surface area contributed by atoms with E-state index >= 15 is 0 Å². The first-order chi connectivity index (χ1) is 15.5. The van der Waals surface area contributed by atoms with Crippen LogP contribution in [0.25, 0.3) is 11.5 Å². The third-order valence-electron chi connectivity index (χ3n) is 6.14. The monoisotopic (exact) mass is 433 g/mol. The van der Waals surface area contributed by atoms with Crippen molar-refractivity contribution >= 4 is 23.4 Å². The molecule has 162 valence electrons. The van der Waals surface area contributed by atoms with Crippen molar-refractivity contribution in [2.45, 2.75) is 37.8 Å². The van der Waals surface area contributed by atoms with Crippen molar-refractivity contribution in [3.05, 3.63) is 47.3 Å². The van der Waals surface area contributed by atoms with Crippen LogP contribution in [0.5, 0.6) is 5.88 Å². The molecule has 2 N–H and O–H groups in total. The molecule has 0 saturated heterocycles. The molecule has 9 nitrogen and oxygen atoms in total. The topological polar surface area (TPSA) is 106 Å². The molecule has 3 aliphatic rings. The molecule has 6 rings (SSSR count). The number of ether oxygens (including phenoxy) is 1. The number of halogens is 1. The minimum atomic E-state index is -0.909. The molecule has 0 spiro atoms. The van der Waals surface area contributed by atoms with Crippen LogP contribution in [-0.4, -0.2) is 44.6 Å². The number of amidine groups is 1. The van der Waals surface area contributed by atoms with Gasteiger partial charge < -0.3 is 15.4 Å². The van der Waals surface area contributed by atoms with Gasteiger partial charge in [0, 0.05) is 17.7 Å². The van der Waals surface area contributed by atoms with Gasteiger partial charge in [-0.05, 0) is 25.8 Å². The molecule has 10 heteroatoms. The lowest BCUT2D eigenvalue weighted by molar-refractivity contribution is -0.118. The van der Waals surface area contributed by atoms with Gasteiger partial charge in [0.25, 0.3) is 0 Å². The number of aliphatic imine (C=N–C) groups is 1. The van der Waals surface area contributed by atoms with E-state index in [1.54, 1.807) is 28.9 Å². The molecule has 1 amide bonds. The first-order valence-corrected chi connectivity index (χ1v) is 10.4. The van der Waals surface area contributed by atoms with Crippen molar-refractivity contribution in [1.29, 1.82) is 0 Å². The number of hydrogen-bond donors (Lipinski definition) is 2. The summed E-state index contributed by atoms with van der Waals surface area (Å²) in [4.78, 5) is 26.7. The van der Waals surface area contributed by atoms with Crippen LogP contribution in [0.4, 0.5) is 16.0 Å². The highest BCUT2D eigenvalue weighted by atomic mass is 19.1. The summed E-state index contributed by atoms with van der Waals surface area (Å²) in [6, 6.07) is 8.55. The lowest BCUT2D eigenvalue weighted by Gasteiger charge is -2.20. The van der Waals surface area contributed by atoms with Crippen LogP contribution in [0.2, 0.25) is 0 Å². The van der Waals surface area contributed by atoms with E-state index in [1.807, 2.05) is 6.92 Å². The molecule has 0 radical (unpaired) electrons. The molecule has 0 bridgehead atoms. The number of rotatable bonds is 5. The lowest BCUT2D eigenvalue weighted by Crippen LogP contribution is -2.45. The average Bonchev–Trinajstić information content (AvgIpc) is 3.34. The molecule has 1 unspecified atom stereocenters. The van der Waals surface area contributed by atoms with Gasteiger partial charge in [-0.25, -0.2) is 24.0 Å². The number of carbonyl (C=O) groups is 1. The number of carbonyl (C=O) groups excluding carboxylic acids is 1. The van der Waals surface area contributed by atoms with Gasteiger partial charge in [0.1, 0.15) is 28.6 Å². The Kier molecular flexibility index (Phi) is 3.89. The molecule has 3 aromatic rings. The Morgan fingerprint density at radius 2 is 2.12 bits per heavy atom. The molecule has 2 aromatic heterocycles. The quantitative estimate of drug-likeness (QED) is 0.641. The van der Waals surface area contributed by atoms with E-state index < -0.39 is 5.41 Å². The largest absolute Gasteiger partial charge is 0.481 e. The molecule has 32 heavy (non-hydrogen) atoms. The fourth-order valence-corrected chi connectivity index (χ4v) is 4.16. The summed E-state index contributed by atoms with van der Waals surface area (Å²) in [6.07, 6.45) is 2.13. The van der Waals surface area contributed by atoms with Crippen molar-refractivity contribution in [3.63, 3.8) is 0 Å². The second kappa shape index (κ2) is 6.59. The maximum atomic E-state index is 14.1. The van der Waals surface area contributed by atoms with Crippen molar-refractivity contribution in [1.82, 2.24) is 25.1 Å². The van der Waals surface area contributed by atoms with Crippen LogP contribution >= 0.6 is 0 Å². The highest BCUT2D eigenvalue weighted by Crippen LogP contribution is 2.48. The van der Waals surface area contributed by atoms with E-state index in [2.05, 4.69) is 30.7 Å². The van der Waals surface area contributed by atoms with Gasteiger partial charge in [-0.3, -0.25) is 4.79 Å². The first-order valence-electron chi connectivity index (χ1n) is 10.4. The molecule has 1 fully saturated rings. The van der Waals surface area contributed by atoms with Crippen LogP contribution in [0.15, 0.2) is 35.3 Å². The Balaban J connectivity index is 1.40. The van der Waals surface area contributed by atoms with Crippen LogP contribution < -0.4 is 15.4 Å². The van der Waals surface area contributed by atoms with E-state index in [-0.39, 0.29) is 18.3 Å². The standard InChI is InChI=1S/C22H20FN7O2/c1-22-16-18(27-20(22)24-12-7-8-12)25-17(26-19(16)28-21(22)31)14-9-15(32-2)30(29-14)10-11-5-3-4-6-13(11)23/h3-6,9,12H,7-8,10H2,1-2H3,(H2,24,25,26,27,28,31). The van der Waals surface area contributed by atoms with Crippen molar-refractivity contribution < 1.29 is 13.9 Å². The minimum Gasteiger partial charge on any atom is -0.481 e. The number of nitrogens with one attached hydrogen (secondary N) is 2. The van der Waals surface area contributed by atoms with Crippen LogP contribution in [-0.2, 0) is 16.8 Å². The van der Waals surface area contributed by atoms with E-state index in [1.165, 1.54) is 13.2 Å². The summed E-state index contributed by atoms with van der Waals surface area (Å²) in [5.41, 5.74) is 0.705. The number of methoxy groups -OCH3 is 1. The average molecular weight is 433 g/mol. The summed E-state index contributed by atoms with van der Waals surface area (Å²) in [5.74, 6) is 1.77. The third-order valence-corrected chi connectivity index (χ3v) is 6.14. The minimum absolute atomic E-state index is 0.174. The third kappa shape index (κ3) is 2.72. The number of benzene rings is 1. The summed E-state index contributed by atoms with van der Waals surface area (Å²) in [5, 5.41) is 10.8. The molecular formula is C22H20FN7O2. The van der Waals surface area contributed by atoms with Gasteiger partial charge in [0.05, 0.1) is 19.2 Å². The lowest BCUT2D eigenvalue weighted by atomic mass is 9.85. The maximum Gasteiger partial charge on any atom is 0.243 e. The molecule has 1 aliphatic carbocycles. The summed E-state index contributed by atoms with van der Waals surface area (Å²) in [7, 11) is 1.52. The molecule has 2 aliphatic heterocycles. The van der Waals surface area contributed by atoms with Gasteiger partial charge in [0.2, 0.25) is 11.8 Å². The zero-order chi connectivity index (χ0) is 22.0. The number of hydrogen-bond acceptors (Lipinski definition) is 7. The Bertz CT molecular complexity index is 1310. The van der Waals surface area contributed by atoms with E-state index in [4.69, 9.17) is 4.74 Å². The van der Waals surface area contributed by atoms with Gasteiger partial charge in [-0.1, -0.05) is 18.2 Å². The number of nitrogens with zero attached hydrogens (tertiary/aromatic N) is 5. The molecule has 1 aromatic carbocycles. The zero-order valence-corrected chi connectivity index (χ0v) is 17.5. The highest BCUT2D eigenvalue weighted by Gasteiger charge is 2.54. The van der Waals surface area contributed by atoms with Gasteiger partial charge in [0.15, 0.2) is 11.6 Å². The molecular weight excluding hydrogens is 413 g/mol. The maximum absolute atomic E-state index is 14.1. The number of aromatic nitrogens is 4. The number of amides is 1. The Labute approximate surface area is 182 Å². The van der Waals surface area contributed by atoms with E-state index in [0.29, 0.717) is 52.0 Å². The van der Waals surface area contributed by atoms with Crippen LogP contribution in [0.1, 0.15) is 30.9 Å². The Morgan fingerprint density at radius 3 is 2.88 bits per heavy atom. The van der Waals surface area contributed by atoms with Crippen molar-refractivity contribution in [2.75, 3.05) is 12.4 Å². The van der Waals surface area contributed by atoms with Gasteiger partial charge in [-0.2, -0.15) is 5.10 Å². The second-order valence-corrected chi connectivity index (χ2v) is 8.37. The van der Waals surface area contributed by atoms with Crippen molar-refractivity contribution in [3.8, 4) is 17.4 Å². The second-order valence-electron chi connectivity index (χ2n) is 8.37. The Hall–Kier alpha value is -3.82. The fraction of sp³-hybridized carbons (Fsp3) is 0.318. The van der Waals surface area contributed by atoms with E-state index in [0.717, 1.165) is 12.8 Å². The zero-order valence-electron chi connectivity index (χ0n) is 17.5. The van der Waals surface area contributed by atoms with Crippen molar-refractivity contribution in [2.24, 2.45) is 4.99 Å². The predicted octanol–water partition coefficient (Wildman–Crippen LogP) is 2.54.